The van der Waals surface area contributed by atoms with Crippen molar-refractivity contribution in [3.05, 3.63) is 23.3 Å². The van der Waals surface area contributed by atoms with Gasteiger partial charge < -0.3 is 0 Å². The molecule has 0 spiro atoms. The van der Waals surface area contributed by atoms with Gasteiger partial charge in [-0.25, -0.2) is 0 Å². The fourth-order valence-corrected chi connectivity index (χ4v) is 5.39. The summed E-state index contributed by atoms with van der Waals surface area (Å²) in [5, 5.41) is 0. The lowest BCUT2D eigenvalue weighted by Crippen LogP contribution is -2.44. The topological polar surface area (TPSA) is 51.2 Å². The molecule has 2 fully saturated rings. The normalized spacial score (nSPS) is 42.0. The molecule has 0 saturated heterocycles. The van der Waals surface area contributed by atoms with Crippen molar-refractivity contribution in [3.63, 3.8) is 0 Å². The van der Waals surface area contributed by atoms with E-state index in [-0.39, 0.29) is 17.0 Å². The number of carbonyl (C=O) groups excluding carboxylic acids is 3. The Labute approximate surface area is 124 Å². The highest BCUT2D eigenvalue weighted by Gasteiger charge is 2.55. The van der Waals surface area contributed by atoms with E-state index in [1.165, 1.54) is 6.08 Å². The van der Waals surface area contributed by atoms with Crippen molar-refractivity contribution >= 4 is 17.3 Å². The van der Waals surface area contributed by atoms with Crippen LogP contribution in [0.1, 0.15) is 45.4 Å². The molecular weight excluding hydrogens is 264 g/mol. The van der Waals surface area contributed by atoms with Gasteiger partial charge in [0.05, 0.1) is 0 Å². The molecule has 110 valence electrons. The zero-order valence-electron chi connectivity index (χ0n) is 12.4. The van der Waals surface area contributed by atoms with Gasteiger partial charge >= 0.3 is 0 Å². The van der Waals surface area contributed by atoms with Crippen LogP contribution in [0.4, 0.5) is 0 Å². The molecule has 3 heteroatoms. The lowest BCUT2D eigenvalue weighted by atomic mass is 9.55. The van der Waals surface area contributed by atoms with Crippen molar-refractivity contribution in [2.45, 2.75) is 45.4 Å². The van der Waals surface area contributed by atoms with Crippen molar-refractivity contribution in [2.24, 2.45) is 23.2 Å². The lowest BCUT2D eigenvalue weighted by Gasteiger charge is -2.48. The molecule has 0 bridgehead atoms. The lowest BCUT2D eigenvalue weighted by molar-refractivity contribution is -0.132. The highest BCUT2D eigenvalue weighted by atomic mass is 16.2. The summed E-state index contributed by atoms with van der Waals surface area (Å²) >= 11 is 0. The van der Waals surface area contributed by atoms with E-state index < -0.39 is 0 Å². The van der Waals surface area contributed by atoms with Crippen LogP contribution in [0, 0.1) is 23.2 Å². The molecule has 0 aliphatic heterocycles. The van der Waals surface area contributed by atoms with E-state index in [1.807, 2.05) is 6.08 Å². The van der Waals surface area contributed by atoms with E-state index in [9.17, 15) is 14.4 Å². The molecule has 0 N–H and O–H groups in total. The maximum atomic E-state index is 12.3. The Morgan fingerprint density at radius 1 is 1.05 bits per heavy atom. The molecule has 4 aliphatic carbocycles. The number of Topliss-reactive ketones (excluding diaryl/α,β-unsaturated/α-hetero) is 2. The van der Waals surface area contributed by atoms with Crippen LogP contribution in [-0.2, 0) is 14.4 Å². The standard InChI is InChI=1S/C18H20O3/c1-18-9-8-11-10-4-6-15(19)17(21)13(10)3-2-12(11)14(18)5-7-16(18)20/h4,6,11-12,14H,2-3,5,7-9H2,1H3/t11?,12?,14?,18-/m0/s1. The average molecular weight is 284 g/mol. The van der Waals surface area contributed by atoms with Crippen LogP contribution in [0.25, 0.3) is 0 Å². The molecule has 4 rings (SSSR count). The Morgan fingerprint density at radius 3 is 2.67 bits per heavy atom. The first kappa shape index (κ1) is 13.2. The first-order chi connectivity index (χ1) is 10.0. The Hall–Kier alpha value is -1.51. The van der Waals surface area contributed by atoms with E-state index in [1.54, 1.807) is 0 Å². The minimum atomic E-state index is -0.371. The highest BCUT2D eigenvalue weighted by molar-refractivity contribution is 6.48. The summed E-state index contributed by atoms with van der Waals surface area (Å²) in [6, 6.07) is 0. The van der Waals surface area contributed by atoms with Crippen molar-refractivity contribution in [2.75, 3.05) is 0 Å². The van der Waals surface area contributed by atoms with Gasteiger partial charge in [-0.15, -0.1) is 0 Å². The average Bonchev–Trinajstić information content (AvgIpc) is 2.78. The van der Waals surface area contributed by atoms with Gasteiger partial charge in [-0.2, -0.15) is 0 Å². The summed E-state index contributed by atoms with van der Waals surface area (Å²) in [5.41, 5.74) is 1.74. The van der Waals surface area contributed by atoms with Crippen molar-refractivity contribution in [1.82, 2.24) is 0 Å². The Kier molecular flexibility index (Phi) is 2.66. The third-order valence-corrected chi connectivity index (χ3v) is 6.53. The Balaban J connectivity index is 1.72. The van der Waals surface area contributed by atoms with Gasteiger partial charge in [0.2, 0.25) is 11.6 Å². The van der Waals surface area contributed by atoms with Gasteiger partial charge in [0, 0.05) is 17.4 Å². The predicted molar refractivity (Wildman–Crippen MR) is 77.5 cm³/mol. The largest absolute Gasteiger partial charge is 0.299 e. The van der Waals surface area contributed by atoms with Crippen LogP contribution in [0.3, 0.4) is 0 Å². The molecular formula is C18H20O3. The van der Waals surface area contributed by atoms with Gasteiger partial charge in [-0.1, -0.05) is 13.0 Å². The molecule has 21 heavy (non-hydrogen) atoms. The molecule has 2 saturated carbocycles. The number of rotatable bonds is 0. The molecule has 4 aliphatic rings. The van der Waals surface area contributed by atoms with E-state index in [2.05, 4.69) is 6.92 Å². The van der Waals surface area contributed by atoms with Crippen LogP contribution < -0.4 is 0 Å². The van der Waals surface area contributed by atoms with Crippen LogP contribution >= 0.6 is 0 Å². The number of fused-ring (bicyclic) bond motifs is 4. The number of allylic oxidation sites excluding steroid dienone is 4. The molecule has 4 atom stereocenters. The van der Waals surface area contributed by atoms with Crippen LogP contribution in [0.5, 0.6) is 0 Å². The summed E-state index contributed by atoms with van der Waals surface area (Å²) in [5.74, 6) is 1.14. The number of carbonyl (C=O) groups is 3. The molecule has 0 radical (unpaired) electrons. The summed E-state index contributed by atoms with van der Waals surface area (Å²) in [4.78, 5) is 35.9. The summed E-state index contributed by atoms with van der Waals surface area (Å²) in [6.07, 6.45) is 8.65. The highest BCUT2D eigenvalue weighted by Crippen LogP contribution is 2.59. The molecule has 0 aromatic rings. The quantitative estimate of drug-likeness (QED) is 0.507. The monoisotopic (exact) mass is 284 g/mol. The van der Waals surface area contributed by atoms with Crippen LogP contribution in [0.2, 0.25) is 0 Å². The fourth-order valence-electron chi connectivity index (χ4n) is 5.39. The summed E-state index contributed by atoms with van der Waals surface area (Å²) in [7, 11) is 0. The van der Waals surface area contributed by atoms with Crippen molar-refractivity contribution < 1.29 is 14.4 Å². The minimum absolute atomic E-state index is 0.128. The fraction of sp³-hybridized carbons (Fsp3) is 0.611. The second-order valence-electron chi connectivity index (χ2n) is 7.29. The number of hydrogen-bond donors (Lipinski definition) is 0. The second kappa shape index (κ2) is 4.25. The third-order valence-electron chi connectivity index (χ3n) is 6.53. The maximum absolute atomic E-state index is 12.3. The van der Waals surface area contributed by atoms with Crippen LogP contribution in [-0.4, -0.2) is 17.3 Å². The van der Waals surface area contributed by atoms with E-state index in [0.717, 1.165) is 43.3 Å². The van der Waals surface area contributed by atoms with E-state index in [4.69, 9.17) is 0 Å². The molecule has 0 aromatic heterocycles. The molecule has 0 amide bonds. The molecule has 0 aromatic carbocycles. The van der Waals surface area contributed by atoms with Gasteiger partial charge in [-0.3, -0.25) is 14.4 Å². The summed E-state index contributed by atoms with van der Waals surface area (Å²) in [6.45, 7) is 2.15. The van der Waals surface area contributed by atoms with E-state index in [0.29, 0.717) is 30.0 Å². The van der Waals surface area contributed by atoms with Gasteiger partial charge in [0.15, 0.2) is 0 Å². The van der Waals surface area contributed by atoms with Gasteiger partial charge in [0.25, 0.3) is 0 Å². The van der Waals surface area contributed by atoms with Crippen molar-refractivity contribution in [3.8, 4) is 0 Å². The molecule has 0 heterocycles. The predicted octanol–water partition coefficient (Wildman–Crippen LogP) is 2.80. The Morgan fingerprint density at radius 2 is 1.86 bits per heavy atom. The smallest absolute Gasteiger partial charge is 0.229 e. The number of hydrogen-bond acceptors (Lipinski definition) is 3. The first-order valence-electron chi connectivity index (χ1n) is 8.05. The SMILES string of the molecule is C[C@]12CCC3C4=C(CCC3C1CCC2=O)C(=O)C(=O)C=C4. The minimum Gasteiger partial charge on any atom is -0.299 e. The van der Waals surface area contributed by atoms with E-state index >= 15 is 0 Å². The van der Waals surface area contributed by atoms with Gasteiger partial charge in [0.1, 0.15) is 5.78 Å². The van der Waals surface area contributed by atoms with Gasteiger partial charge in [-0.05, 0) is 61.5 Å². The van der Waals surface area contributed by atoms with Crippen LogP contribution in [0.15, 0.2) is 23.3 Å². The first-order valence-corrected chi connectivity index (χ1v) is 8.05. The number of ketones is 3. The molecule has 3 unspecified atom stereocenters. The summed E-state index contributed by atoms with van der Waals surface area (Å²) < 4.78 is 0. The third kappa shape index (κ3) is 1.63. The van der Waals surface area contributed by atoms with Crippen molar-refractivity contribution in [1.29, 1.82) is 0 Å². The second-order valence-corrected chi connectivity index (χ2v) is 7.29. The Bertz CT molecular complexity index is 624. The zero-order valence-corrected chi connectivity index (χ0v) is 12.4. The molecule has 3 nitrogen and oxygen atoms in total. The zero-order chi connectivity index (χ0) is 14.8. The maximum Gasteiger partial charge on any atom is 0.229 e.